The van der Waals surface area contributed by atoms with Gasteiger partial charge in [-0.15, -0.1) is 11.3 Å². The van der Waals surface area contributed by atoms with Crippen LogP contribution in [0, 0.1) is 6.92 Å². The molecule has 0 amide bonds. The quantitative estimate of drug-likeness (QED) is 0.850. The first-order chi connectivity index (χ1) is 6.97. The molecule has 0 spiro atoms. The van der Waals surface area contributed by atoms with Crippen LogP contribution < -0.4 is 4.72 Å². The van der Waals surface area contributed by atoms with Gasteiger partial charge in [-0.25, -0.2) is 13.1 Å². The summed E-state index contributed by atoms with van der Waals surface area (Å²) >= 11 is 4.56. The van der Waals surface area contributed by atoms with E-state index in [0.29, 0.717) is 10.8 Å². The summed E-state index contributed by atoms with van der Waals surface area (Å²) in [5.41, 5.74) is 0.955. The van der Waals surface area contributed by atoms with E-state index >= 15 is 0 Å². The molecule has 86 valence electrons. The molecule has 1 rings (SSSR count). The average Bonchev–Trinajstić information content (AvgIpc) is 2.48. The fraction of sp³-hybridized carbons (Fsp3) is 0.556. The molecule has 3 nitrogen and oxygen atoms in total. The number of hydrogen-bond donors (Lipinski definition) is 1. The van der Waals surface area contributed by atoms with Crippen molar-refractivity contribution >= 4 is 37.3 Å². The van der Waals surface area contributed by atoms with Crippen LogP contribution in [-0.2, 0) is 10.0 Å². The molecular weight excluding hydrogens is 298 g/mol. The van der Waals surface area contributed by atoms with Crippen molar-refractivity contribution in [2.75, 3.05) is 6.54 Å². The van der Waals surface area contributed by atoms with Crippen LogP contribution in [0.1, 0.15) is 25.3 Å². The van der Waals surface area contributed by atoms with E-state index in [0.717, 1.165) is 22.2 Å². The second-order valence-corrected chi connectivity index (χ2v) is 7.64. The van der Waals surface area contributed by atoms with E-state index in [9.17, 15) is 8.42 Å². The van der Waals surface area contributed by atoms with Gasteiger partial charge in [-0.05, 0) is 40.9 Å². The predicted molar refractivity (Wildman–Crippen MR) is 66.9 cm³/mol. The fourth-order valence-electron chi connectivity index (χ4n) is 1.02. The van der Waals surface area contributed by atoms with Gasteiger partial charge in [-0.1, -0.05) is 13.3 Å². The Labute approximate surface area is 103 Å². The molecular formula is C9H14BrNO2S2. The molecule has 0 radical (unpaired) electrons. The van der Waals surface area contributed by atoms with Crippen molar-refractivity contribution < 1.29 is 8.42 Å². The molecule has 0 atom stereocenters. The van der Waals surface area contributed by atoms with Crippen molar-refractivity contribution in [1.82, 2.24) is 4.72 Å². The van der Waals surface area contributed by atoms with E-state index in [2.05, 4.69) is 20.7 Å². The van der Waals surface area contributed by atoms with Gasteiger partial charge in [0.1, 0.15) is 4.21 Å². The van der Waals surface area contributed by atoms with Crippen LogP contribution in [0.2, 0.25) is 0 Å². The molecule has 6 heteroatoms. The van der Waals surface area contributed by atoms with Crippen molar-refractivity contribution in [3.8, 4) is 0 Å². The summed E-state index contributed by atoms with van der Waals surface area (Å²) in [6, 6.07) is 1.68. The van der Waals surface area contributed by atoms with E-state index in [4.69, 9.17) is 0 Å². The number of sulfonamides is 1. The summed E-state index contributed by atoms with van der Waals surface area (Å²) in [7, 11) is -3.30. The SMILES string of the molecule is CCCCNS(=O)(=O)c1cc(C)c(Br)s1. The maximum Gasteiger partial charge on any atom is 0.250 e. The van der Waals surface area contributed by atoms with E-state index in [1.165, 1.54) is 11.3 Å². The molecule has 0 bridgehead atoms. The van der Waals surface area contributed by atoms with E-state index in [1.807, 2.05) is 13.8 Å². The van der Waals surface area contributed by atoms with Crippen LogP contribution in [-0.4, -0.2) is 15.0 Å². The minimum atomic E-state index is -3.30. The Kier molecular flexibility index (Phi) is 4.76. The van der Waals surface area contributed by atoms with Gasteiger partial charge in [0.15, 0.2) is 0 Å². The van der Waals surface area contributed by atoms with Gasteiger partial charge in [0.2, 0.25) is 10.0 Å². The Morgan fingerprint density at radius 2 is 2.20 bits per heavy atom. The first kappa shape index (κ1) is 13.2. The van der Waals surface area contributed by atoms with E-state index in [1.54, 1.807) is 6.07 Å². The van der Waals surface area contributed by atoms with Gasteiger partial charge in [0.05, 0.1) is 3.79 Å². The Hall–Kier alpha value is 0.0900. The summed E-state index contributed by atoms with van der Waals surface area (Å²) in [5, 5.41) is 0. The summed E-state index contributed by atoms with van der Waals surface area (Å²) in [5.74, 6) is 0. The number of halogens is 1. The summed E-state index contributed by atoms with van der Waals surface area (Å²) in [6.45, 7) is 4.42. The van der Waals surface area contributed by atoms with Crippen molar-refractivity contribution in [3.05, 3.63) is 15.4 Å². The van der Waals surface area contributed by atoms with E-state index in [-0.39, 0.29) is 0 Å². The first-order valence-electron chi connectivity index (χ1n) is 4.73. The topological polar surface area (TPSA) is 46.2 Å². The van der Waals surface area contributed by atoms with Gasteiger partial charge < -0.3 is 0 Å². The molecule has 0 aromatic carbocycles. The lowest BCUT2D eigenvalue weighted by molar-refractivity contribution is 0.580. The standard InChI is InChI=1S/C9H14BrNO2S2/c1-3-4-5-11-15(12,13)8-6-7(2)9(10)14-8/h6,11H,3-5H2,1-2H3. The molecule has 1 N–H and O–H groups in total. The molecule has 1 heterocycles. The molecule has 0 fully saturated rings. The third-order valence-electron chi connectivity index (χ3n) is 1.92. The average molecular weight is 312 g/mol. The maximum atomic E-state index is 11.8. The van der Waals surface area contributed by atoms with Crippen LogP contribution in [0.5, 0.6) is 0 Å². The van der Waals surface area contributed by atoms with Crippen LogP contribution in [0.4, 0.5) is 0 Å². The molecule has 0 aliphatic carbocycles. The Bertz CT molecular complexity index is 406. The highest BCUT2D eigenvalue weighted by molar-refractivity contribution is 9.11. The Balaban J connectivity index is 2.77. The minimum absolute atomic E-state index is 0.378. The minimum Gasteiger partial charge on any atom is -0.210 e. The third kappa shape index (κ3) is 3.55. The van der Waals surface area contributed by atoms with Gasteiger partial charge in [0.25, 0.3) is 0 Å². The Morgan fingerprint density at radius 1 is 1.53 bits per heavy atom. The summed E-state index contributed by atoms with van der Waals surface area (Å²) in [6.07, 6.45) is 1.85. The Morgan fingerprint density at radius 3 is 2.67 bits per heavy atom. The van der Waals surface area contributed by atoms with Crippen molar-refractivity contribution in [1.29, 1.82) is 0 Å². The van der Waals surface area contributed by atoms with Crippen molar-refractivity contribution in [3.63, 3.8) is 0 Å². The largest absolute Gasteiger partial charge is 0.250 e. The van der Waals surface area contributed by atoms with Gasteiger partial charge >= 0.3 is 0 Å². The van der Waals surface area contributed by atoms with Gasteiger partial charge in [-0.2, -0.15) is 0 Å². The highest BCUT2D eigenvalue weighted by atomic mass is 79.9. The monoisotopic (exact) mass is 311 g/mol. The van der Waals surface area contributed by atoms with Gasteiger partial charge in [-0.3, -0.25) is 0 Å². The molecule has 1 aromatic rings. The lowest BCUT2D eigenvalue weighted by atomic mass is 10.3. The lowest BCUT2D eigenvalue weighted by Gasteiger charge is -2.02. The maximum absolute atomic E-state index is 11.8. The summed E-state index contributed by atoms with van der Waals surface area (Å²) in [4.78, 5) is 0. The fourth-order valence-corrected chi connectivity index (χ4v) is 4.36. The second-order valence-electron chi connectivity index (χ2n) is 3.27. The number of nitrogens with one attached hydrogen (secondary N) is 1. The number of rotatable bonds is 5. The molecule has 0 aliphatic rings. The normalized spacial score (nSPS) is 11.9. The molecule has 0 aliphatic heterocycles. The molecule has 1 aromatic heterocycles. The number of unbranched alkanes of at least 4 members (excludes halogenated alkanes) is 1. The number of hydrogen-bond acceptors (Lipinski definition) is 3. The zero-order valence-electron chi connectivity index (χ0n) is 8.71. The number of aryl methyl sites for hydroxylation is 1. The molecule has 0 unspecified atom stereocenters. The molecule has 15 heavy (non-hydrogen) atoms. The zero-order chi connectivity index (χ0) is 11.5. The summed E-state index contributed by atoms with van der Waals surface area (Å²) < 4.78 is 27.3. The van der Waals surface area contributed by atoms with Crippen LogP contribution in [0.15, 0.2) is 14.1 Å². The highest BCUT2D eigenvalue weighted by Crippen LogP contribution is 2.30. The third-order valence-corrected chi connectivity index (χ3v) is 5.99. The number of thiophene rings is 1. The van der Waals surface area contributed by atoms with Gasteiger partial charge in [0, 0.05) is 6.54 Å². The van der Waals surface area contributed by atoms with E-state index < -0.39 is 10.0 Å². The first-order valence-corrected chi connectivity index (χ1v) is 7.82. The molecule has 0 saturated carbocycles. The van der Waals surface area contributed by atoms with Crippen LogP contribution in [0.3, 0.4) is 0 Å². The highest BCUT2D eigenvalue weighted by Gasteiger charge is 2.17. The molecule has 0 saturated heterocycles. The lowest BCUT2D eigenvalue weighted by Crippen LogP contribution is -2.23. The zero-order valence-corrected chi connectivity index (χ0v) is 11.9. The van der Waals surface area contributed by atoms with Crippen molar-refractivity contribution in [2.24, 2.45) is 0 Å². The van der Waals surface area contributed by atoms with Crippen LogP contribution in [0.25, 0.3) is 0 Å². The predicted octanol–water partition coefficient (Wildman–Crippen LogP) is 2.90. The van der Waals surface area contributed by atoms with Crippen LogP contribution >= 0.6 is 27.3 Å². The van der Waals surface area contributed by atoms with Crippen molar-refractivity contribution in [2.45, 2.75) is 30.9 Å². The second kappa shape index (κ2) is 5.43. The smallest absolute Gasteiger partial charge is 0.210 e.